The summed E-state index contributed by atoms with van der Waals surface area (Å²) in [5.41, 5.74) is 6.99. The maximum Gasteiger partial charge on any atom is 0.186 e. The standard InChI is InChI=1S/C47H52Cl2O3S/c1-44(2,3)32-22-27(23-33(42(32)50)45(4,5)6)40(30-19-18-29(48)26-36(30)49)38-20-21-39(53-38)41(31-16-14-15-17-37(31)52-13)28-24-34(46(7,8)9)43(51)35(25-28)47(10,11)12/h14-26H,1-13H3. The monoisotopic (exact) mass is 766 g/mol. The summed E-state index contributed by atoms with van der Waals surface area (Å²) in [6.07, 6.45) is 8.22. The number of carbonyl (C=O) groups excluding carboxylic acids is 2. The molecule has 0 spiro atoms. The van der Waals surface area contributed by atoms with Crippen LogP contribution < -0.4 is 4.74 Å². The topological polar surface area (TPSA) is 43.4 Å². The molecule has 2 aliphatic carbocycles. The Bertz CT molecular complexity index is 2110. The van der Waals surface area contributed by atoms with E-state index in [0.29, 0.717) is 10.0 Å². The van der Waals surface area contributed by atoms with Gasteiger partial charge in [-0.25, -0.2) is 0 Å². The molecule has 2 aliphatic rings. The molecular weight excluding hydrogens is 715 g/mol. The third-order valence-corrected chi connectivity index (χ3v) is 11.3. The van der Waals surface area contributed by atoms with Crippen LogP contribution in [0.4, 0.5) is 0 Å². The summed E-state index contributed by atoms with van der Waals surface area (Å²) < 4.78 is 5.97. The van der Waals surface area contributed by atoms with Gasteiger partial charge in [0.2, 0.25) is 0 Å². The Balaban J connectivity index is 1.92. The second kappa shape index (κ2) is 14.5. The van der Waals surface area contributed by atoms with Crippen LogP contribution in [0.25, 0.3) is 11.1 Å². The minimum absolute atomic E-state index is 0.0695. The van der Waals surface area contributed by atoms with Crippen LogP contribution in [0.1, 0.15) is 104 Å². The van der Waals surface area contributed by atoms with Crippen molar-refractivity contribution >= 4 is 57.3 Å². The van der Waals surface area contributed by atoms with E-state index in [2.05, 4.69) is 113 Å². The van der Waals surface area contributed by atoms with E-state index in [4.69, 9.17) is 27.9 Å². The van der Waals surface area contributed by atoms with Gasteiger partial charge in [0.1, 0.15) is 5.75 Å². The van der Waals surface area contributed by atoms with Crippen LogP contribution in [-0.4, -0.2) is 18.7 Å². The summed E-state index contributed by atoms with van der Waals surface area (Å²) in [7, 11) is 1.69. The first-order valence-electron chi connectivity index (χ1n) is 18.1. The van der Waals surface area contributed by atoms with Gasteiger partial charge >= 0.3 is 0 Å². The summed E-state index contributed by atoms with van der Waals surface area (Å²) in [6.45, 7) is 25.0. The summed E-state index contributed by atoms with van der Waals surface area (Å²) >= 11 is 15.1. The number of carbonyl (C=O) groups is 2. The molecule has 5 rings (SSSR count). The minimum Gasteiger partial charge on any atom is -0.496 e. The van der Waals surface area contributed by atoms with Crippen molar-refractivity contribution in [2.24, 2.45) is 21.7 Å². The van der Waals surface area contributed by atoms with E-state index in [-0.39, 0.29) is 22.4 Å². The maximum absolute atomic E-state index is 14.0. The van der Waals surface area contributed by atoms with Crippen LogP contribution in [0.15, 0.2) is 112 Å². The summed E-state index contributed by atoms with van der Waals surface area (Å²) in [5, 5.41) is 1.07. The van der Waals surface area contributed by atoms with E-state index in [9.17, 15) is 9.59 Å². The van der Waals surface area contributed by atoms with Crippen LogP contribution in [0.5, 0.6) is 5.75 Å². The van der Waals surface area contributed by atoms with Gasteiger partial charge in [0.25, 0.3) is 0 Å². The van der Waals surface area contributed by atoms with Gasteiger partial charge in [-0.1, -0.05) is 131 Å². The van der Waals surface area contributed by atoms with Crippen LogP contribution in [0.3, 0.4) is 0 Å². The van der Waals surface area contributed by atoms with Gasteiger partial charge in [0.15, 0.2) is 11.6 Å². The minimum atomic E-state index is -0.392. The highest BCUT2D eigenvalue weighted by molar-refractivity contribution is 7.14. The zero-order chi connectivity index (χ0) is 39.4. The Morgan fingerprint density at radius 3 is 1.32 bits per heavy atom. The van der Waals surface area contributed by atoms with Crippen molar-refractivity contribution < 1.29 is 14.3 Å². The lowest BCUT2D eigenvalue weighted by molar-refractivity contribution is -0.114. The number of hydrogen-bond acceptors (Lipinski definition) is 4. The number of rotatable bonds is 5. The van der Waals surface area contributed by atoms with Crippen LogP contribution >= 0.6 is 34.5 Å². The fourth-order valence-corrected chi connectivity index (χ4v) is 8.46. The summed E-state index contributed by atoms with van der Waals surface area (Å²) in [4.78, 5) is 30.0. The number of allylic oxidation sites excluding steroid dienone is 10. The Morgan fingerprint density at radius 2 is 0.943 bits per heavy atom. The van der Waals surface area contributed by atoms with Gasteiger partial charge in [-0.15, -0.1) is 11.3 Å². The van der Waals surface area contributed by atoms with Crippen molar-refractivity contribution in [2.45, 2.75) is 83.1 Å². The number of thiophene rings is 1. The second-order valence-corrected chi connectivity index (χ2v) is 20.0. The average Bonchev–Trinajstić information content (AvgIpc) is 3.50. The molecule has 0 amide bonds. The van der Waals surface area contributed by atoms with E-state index in [1.54, 1.807) is 24.5 Å². The van der Waals surface area contributed by atoms with E-state index >= 15 is 0 Å². The van der Waals surface area contributed by atoms with Gasteiger partial charge in [-0.05, 0) is 87.4 Å². The van der Waals surface area contributed by atoms with Crippen molar-refractivity contribution in [3.05, 3.63) is 143 Å². The van der Waals surface area contributed by atoms with Gasteiger partial charge in [0, 0.05) is 64.4 Å². The molecule has 0 saturated heterocycles. The van der Waals surface area contributed by atoms with Crippen molar-refractivity contribution in [1.29, 1.82) is 0 Å². The van der Waals surface area contributed by atoms with E-state index in [1.807, 2.05) is 42.5 Å². The average molecular weight is 768 g/mol. The molecule has 0 N–H and O–H groups in total. The first kappa shape index (κ1) is 40.5. The van der Waals surface area contributed by atoms with Gasteiger partial charge in [-0.3, -0.25) is 9.59 Å². The van der Waals surface area contributed by atoms with Crippen molar-refractivity contribution in [2.75, 3.05) is 7.11 Å². The van der Waals surface area contributed by atoms with E-state index < -0.39 is 10.8 Å². The Labute approximate surface area is 330 Å². The Kier molecular flexibility index (Phi) is 11.1. The molecular formula is C47H52Cl2O3S. The normalized spacial score (nSPS) is 15.9. The van der Waals surface area contributed by atoms with Crippen LogP contribution in [0.2, 0.25) is 10.0 Å². The number of halogens is 2. The lowest BCUT2D eigenvalue weighted by atomic mass is 9.71. The number of methoxy groups -OCH3 is 1. The molecule has 0 unspecified atom stereocenters. The molecule has 53 heavy (non-hydrogen) atoms. The third kappa shape index (κ3) is 8.36. The molecule has 3 nitrogen and oxygen atoms in total. The lowest BCUT2D eigenvalue weighted by Crippen LogP contribution is -2.28. The predicted molar refractivity (Wildman–Crippen MR) is 226 cm³/mol. The molecule has 3 aromatic rings. The van der Waals surface area contributed by atoms with Gasteiger partial charge in [-0.2, -0.15) is 0 Å². The number of ether oxygens (including phenoxy) is 1. The number of benzene rings is 2. The van der Waals surface area contributed by atoms with Crippen LogP contribution in [0, 0.1) is 21.7 Å². The Hall–Kier alpha value is -3.70. The third-order valence-electron chi connectivity index (χ3n) is 9.66. The quantitative estimate of drug-likeness (QED) is 0.260. The zero-order valence-corrected chi connectivity index (χ0v) is 35.7. The highest BCUT2D eigenvalue weighted by atomic mass is 35.5. The first-order chi connectivity index (χ1) is 24.4. The van der Waals surface area contributed by atoms with E-state index in [0.717, 1.165) is 71.2 Å². The molecule has 0 bridgehead atoms. The fraction of sp³-hybridized carbons (Fsp3) is 0.362. The molecule has 6 heteroatoms. The number of para-hydroxylation sites is 1. The number of Topliss-reactive ketones (excluding diaryl/α,β-unsaturated/α-hetero) is 2. The van der Waals surface area contributed by atoms with Crippen molar-refractivity contribution in [3.8, 4) is 5.75 Å². The molecule has 0 fully saturated rings. The number of hydrogen-bond donors (Lipinski definition) is 0. The SMILES string of the molecule is COc1ccccc1C(=C1C=C(C(C)(C)C)C(=O)C(C(C)(C)C)=C1)c1ccc(C(=C2C=C(C(C)(C)C)C(=O)C(C(C)(C)C)=C2)c2ccc(Cl)cc2Cl)s1. The molecule has 278 valence electrons. The molecule has 1 aromatic heterocycles. The van der Waals surface area contributed by atoms with Crippen LogP contribution in [-0.2, 0) is 9.59 Å². The molecule has 2 aromatic carbocycles. The van der Waals surface area contributed by atoms with E-state index in [1.165, 1.54) is 0 Å². The molecule has 0 aliphatic heterocycles. The fourth-order valence-electron chi connectivity index (χ4n) is 6.79. The maximum atomic E-state index is 14.0. The second-order valence-electron chi connectivity index (χ2n) is 18.0. The highest BCUT2D eigenvalue weighted by Gasteiger charge is 2.37. The molecule has 0 atom stereocenters. The Morgan fingerprint density at radius 1 is 0.547 bits per heavy atom. The molecule has 1 heterocycles. The highest BCUT2D eigenvalue weighted by Crippen LogP contribution is 2.48. The summed E-state index contributed by atoms with van der Waals surface area (Å²) in [6, 6.07) is 17.9. The van der Waals surface area contributed by atoms with Crippen molar-refractivity contribution in [1.82, 2.24) is 0 Å². The zero-order valence-electron chi connectivity index (χ0n) is 33.4. The first-order valence-corrected chi connectivity index (χ1v) is 19.7. The smallest absolute Gasteiger partial charge is 0.186 e. The summed E-state index contributed by atoms with van der Waals surface area (Å²) in [5.74, 6) is 0.887. The van der Waals surface area contributed by atoms with Gasteiger partial charge < -0.3 is 4.74 Å². The molecule has 0 radical (unpaired) electrons. The number of ketones is 2. The lowest BCUT2D eigenvalue weighted by Gasteiger charge is -2.32. The van der Waals surface area contributed by atoms with Gasteiger partial charge in [0.05, 0.1) is 7.11 Å². The molecule has 0 saturated carbocycles. The van der Waals surface area contributed by atoms with Crippen molar-refractivity contribution in [3.63, 3.8) is 0 Å². The predicted octanol–water partition coefficient (Wildman–Crippen LogP) is 13.7. The largest absolute Gasteiger partial charge is 0.496 e.